The van der Waals surface area contributed by atoms with Crippen LogP contribution in [0.5, 0.6) is 0 Å². The molecule has 0 atom stereocenters. The number of carbonyl (C=O) groups is 1. The minimum atomic E-state index is -0.294. The van der Waals surface area contributed by atoms with Crippen LogP contribution < -0.4 is 0 Å². The van der Waals surface area contributed by atoms with Crippen molar-refractivity contribution in [2.24, 2.45) is 0 Å². The van der Waals surface area contributed by atoms with Crippen LogP contribution in [0.25, 0.3) is 0 Å². The maximum Gasteiger partial charge on any atom is 0.257 e. The van der Waals surface area contributed by atoms with Crippen LogP contribution in [0, 0.1) is 11.6 Å². The van der Waals surface area contributed by atoms with Crippen molar-refractivity contribution in [2.75, 3.05) is 26.2 Å². The summed E-state index contributed by atoms with van der Waals surface area (Å²) >= 11 is 0. The third kappa shape index (κ3) is 4.72. The second-order valence-corrected chi connectivity index (χ2v) is 9.18. The minimum Gasteiger partial charge on any atom is -0.336 e. The number of halogens is 2. The van der Waals surface area contributed by atoms with Gasteiger partial charge in [0.2, 0.25) is 0 Å². The Hall–Kier alpha value is -3.06. The van der Waals surface area contributed by atoms with Crippen LogP contribution in [0.4, 0.5) is 8.78 Å². The van der Waals surface area contributed by atoms with Crippen molar-refractivity contribution in [1.29, 1.82) is 0 Å². The number of hydrogen-bond donors (Lipinski definition) is 0. The summed E-state index contributed by atoms with van der Waals surface area (Å²) in [6.45, 7) is 8.56. The van der Waals surface area contributed by atoms with Gasteiger partial charge in [-0.15, -0.1) is 0 Å². The molecule has 1 aromatic heterocycles. The molecule has 2 aromatic carbocycles. The normalized spacial score (nSPS) is 15.4. The van der Waals surface area contributed by atoms with E-state index < -0.39 is 0 Å². The van der Waals surface area contributed by atoms with Crippen molar-refractivity contribution < 1.29 is 13.6 Å². The van der Waals surface area contributed by atoms with Crippen LogP contribution >= 0.6 is 0 Å². The van der Waals surface area contributed by atoms with E-state index in [1.807, 2.05) is 25.7 Å². The van der Waals surface area contributed by atoms with Gasteiger partial charge in [0.25, 0.3) is 5.91 Å². The summed E-state index contributed by atoms with van der Waals surface area (Å²) < 4.78 is 28.8. The van der Waals surface area contributed by atoms with Crippen LogP contribution in [0.3, 0.4) is 0 Å². The van der Waals surface area contributed by atoms with Crippen LogP contribution in [0.2, 0.25) is 0 Å². The predicted octanol–water partition coefficient (Wildman–Crippen LogP) is 4.46. The molecule has 1 aliphatic heterocycles. The molecule has 2 heterocycles. The number of carbonyl (C=O) groups excluding carboxylic acids is 1. The van der Waals surface area contributed by atoms with Gasteiger partial charge in [0, 0.05) is 32.4 Å². The van der Waals surface area contributed by atoms with Crippen LogP contribution in [-0.4, -0.2) is 51.7 Å². The number of rotatable bonds is 4. The molecule has 0 N–H and O–H groups in total. The Morgan fingerprint density at radius 2 is 1.38 bits per heavy atom. The van der Waals surface area contributed by atoms with Crippen LogP contribution in [0.1, 0.15) is 48.3 Å². The van der Waals surface area contributed by atoms with E-state index in [1.165, 1.54) is 24.3 Å². The van der Waals surface area contributed by atoms with Crippen LogP contribution in [0.15, 0.2) is 60.9 Å². The monoisotopic (exact) mass is 438 g/mol. The standard InChI is InChI=1S/C25H28F2N4O/c1-25(2,3)31-17-20(16-28-31)24(32)30-14-12-29(13-15-30)23(18-4-8-21(26)9-5-18)19-6-10-22(27)11-7-19/h4-11,16-17,23H,12-15H2,1-3H3. The van der Waals surface area contributed by atoms with Crippen molar-refractivity contribution in [2.45, 2.75) is 32.4 Å². The lowest BCUT2D eigenvalue weighted by molar-refractivity contribution is 0.0597. The molecule has 0 saturated carbocycles. The van der Waals surface area contributed by atoms with Gasteiger partial charge in [-0.3, -0.25) is 14.4 Å². The summed E-state index contributed by atoms with van der Waals surface area (Å²) in [7, 11) is 0. The molecule has 168 valence electrons. The molecule has 4 rings (SSSR count). The van der Waals surface area contributed by atoms with Gasteiger partial charge in [-0.1, -0.05) is 24.3 Å². The molecular weight excluding hydrogens is 410 g/mol. The molecule has 0 radical (unpaired) electrons. The Bertz CT molecular complexity index is 1020. The maximum absolute atomic E-state index is 13.5. The highest BCUT2D eigenvalue weighted by Gasteiger charge is 2.29. The van der Waals surface area contributed by atoms with Gasteiger partial charge < -0.3 is 4.90 Å². The smallest absolute Gasteiger partial charge is 0.257 e. The molecule has 7 heteroatoms. The summed E-state index contributed by atoms with van der Waals surface area (Å²) in [5.74, 6) is -0.615. The molecule has 0 unspecified atom stereocenters. The Kier molecular flexibility index (Phi) is 6.11. The van der Waals surface area contributed by atoms with E-state index in [1.54, 1.807) is 41.3 Å². The van der Waals surface area contributed by atoms with Gasteiger partial charge in [-0.25, -0.2) is 8.78 Å². The molecule has 1 fully saturated rings. The van der Waals surface area contributed by atoms with Gasteiger partial charge in [-0.05, 0) is 56.2 Å². The molecule has 1 saturated heterocycles. The van der Waals surface area contributed by atoms with Crippen molar-refractivity contribution in [3.63, 3.8) is 0 Å². The largest absolute Gasteiger partial charge is 0.336 e. The zero-order valence-electron chi connectivity index (χ0n) is 18.6. The van der Waals surface area contributed by atoms with E-state index >= 15 is 0 Å². The number of nitrogens with zero attached hydrogens (tertiary/aromatic N) is 4. The summed E-state index contributed by atoms with van der Waals surface area (Å²) in [5.41, 5.74) is 2.27. The SMILES string of the molecule is CC(C)(C)n1cc(C(=O)N2CCN(C(c3ccc(F)cc3)c3ccc(F)cc3)CC2)cn1. The lowest BCUT2D eigenvalue weighted by Gasteiger charge is -2.39. The van der Waals surface area contributed by atoms with Crippen molar-refractivity contribution in [3.05, 3.63) is 89.2 Å². The molecule has 1 aliphatic rings. The van der Waals surface area contributed by atoms with E-state index in [-0.39, 0.29) is 29.1 Å². The minimum absolute atomic E-state index is 0.0275. The van der Waals surface area contributed by atoms with Crippen molar-refractivity contribution >= 4 is 5.91 Å². The fourth-order valence-corrected chi connectivity index (χ4v) is 4.07. The van der Waals surface area contributed by atoms with Gasteiger partial charge in [-0.2, -0.15) is 5.10 Å². The number of piperazine rings is 1. The average Bonchev–Trinajstić information content (AvgIpc) is 3.28. The highest BCUT2D eigenvalue weighted by atomic mass is 19.1. The maximum atomic E-state index is 13.5. The van der Waals surface area contributed by atoms with Gasteiger partial charge >= 0.3 is 0 Å². The molecule has 3 aromatic rings. The first-order chi connectivity index (χ1) is 15.2. The van der Waals surface area contributed by atoms with E-state index in [0.717, 1.165) is 11.1 Å². The predicted molar refractivity (Wildman–Crippen MR) is 119 cm³/mol. The quantitative estimate of drug-likeness (QED) is 0.604. The van der Waals surface area contributed by atoms with Gasteiger partial charge in [0.05, 0.1) is 23.3 Å². The average molecular weight is 439 g/mol. The van der Waals surface area contributed by atoms with E-state index in [4.69, 9.17) is 0 Å². The van der Waals surface area contributed by atoms with E-state index in [2.05, 4.69) is 10.00 Å². The molecular formula is C25H28F2N4O. The molecule has 5 nitrogen and oxygen atoms in total. The molecule has 0 spiro atoms. The van der Waals surface area contributed by atoms with Gasteiger partial charge in [0.1, 0.15) is 11.6 Å². The van der Waals surface area contributed by atoms with Crippen molar-refractivity contribution in [1.82, 2.24) is 19.6 Å². The summed E-state index contributed by atoms with van der Waals surface area (Å²) in [6, 6.07) is 12.7. The lowest BCUT2D eigenvalue weighted by atomic mass is 9.96. The van der Waals surface area contributed by atoms with Crippen molar-refractivity contribution in [3.8, 4) is 0 Å². The van der Waals surface area contributed by atoms with Crippen LogP contribution in [-0.2, 0) is 5.54 Å². The molecule has 1 amide bonds. The summed E-state index contributed by atoms with van der Waals surface area (Å²) in [6.07, 6.45) is 3.42. The first-order valence-corrected chi connectivity index (χ1v) is 10.8. The first kappa shape index (κ1) is 22.1. The number of aromatic nitrogens is 2. The Morgan fingerprint density at radius 3 is 1.81 bits per heavy atom. The molecule has 0 aliphatic carbocycles. The second-order valence-electron chi connectivity index (χ2n) is 9.18. The lowest BCUT2D eigenvalue weighted by Crippen LogP contribution is -2.49. The summed E-state index contributed by atoms with van der Waals surface area (Å²) in [5, 5.41) is 4.34. The zero-order chi connectivity index (χ0) is 22.9. The Morgan fingerprint density at radius 1 is 0.875 bits per heavy atom. The fourth-order valence-electron chi connectivity index (χ4n) is 4.07. The van der Waals surface area contributed by atoms with E-state index in [0.29, 0.717) is 31.7 Å². The molecule has 0 bridgehead atoms. The third-order valence-electron chi connectivity index (χ3n) is 5.85. The number of amides is 1. The fraction of sp³-hybridized carbons (Fsp3) is 0.360. The van der Waals surface area contributed by atoms with Gasteiger partial charge in [0.15, 0.2) is 0 Å². The zero-order valence-corrected chi connectivity index (χ0v) is 18.6. The first-order valence-electron chi connectivity index (χ1n) is 10.8. The Labute approximate surface area is 187 Å². The Balaban J connectivity index is 1.51. The molecule has 32 heavy (non-hydrogen) atoms. The third-order valence-corrected chi connectivity index (χ3v) is 5.85. The highest BCUT2D eigenvalue weighted by molar-refractivity contribution is 5.93. The second kappa shape index (κ2) is 8.82. The highest BCUT2D eigenvalue weighted by Crippen LogP contribution is 2.30. The number of hydrogen-bond acceptors (Lipinski definition) is 3. The topological polar surface area (TPSA) is 41.4 Å². The summed E-state index contributed by atoms with van der Waals surface area (Å²) in [4.78, 5) is 17.1. The number of benzene rings is 2. The van der Waals surface area contributed by atoms with E-state index in [9.17, 15) is 13.6 Å².